The van der Waals surface area contributed by atoms with Crippen molar-refractivity contribution in [3.63, 3.8) is 0 Å². The number of alkyl halides is 3. The van der Waals surface area contributed by atoms with Gasteiger partial charge in [0.2, 0.25) is 0 Å². The van der Waals surface area contributed by atoms with Gasteiger partial charge in [0.05, 0.1) is 22.6 Å². The zero-order chi connectivity index (χ0) is 23.0. The SMILES string of the molecule is CCOC(=O)c1sc2ncnc(N3CCN(c4ncc(C(F)(F)F)cc4Cl)CC3)c2c1C. The third kappa shape index (κ3) is 4.18. The Kier molecular flexibility index (Phi) is 6.13. The molecule has 0 aromatic carbocycles. The Balaban J connectivity index is 1.56. The quantitative estimate of drug-likeness (QED) is 0.501. The van der Waals surface area contributed by atoms with Crippen LogP contribution in [0.25, 0.3) is 10.2 Å². The number of nitrogens with zero attached hydrogens (tertiary/aromatic N) is 5. The average molecular weight is 486 g/mol. The van der Waals surface area contributed by atoms with Crippen molar-refractivity contribution in [2.24, 2.45) is 0 Å². The number of pyridine rings is 1. The molecule has 1 saturated heterocycles. The summed E-state index contributed by atoms with van der Waals surface area (Å²) in [5.41, 5.74) is -0.104. The molecule has 12 heteroatoms. The number of halogens is 4. The van der Waals surface area contributed by atoms with E-state index in [9.17, 15) is 18.0 Å². The minimum Gasteiger partial charge on any atom is -0.462 e. The van der Waals surface area contributed by atoms with Crippen LogP contribution in [0.4, 0.5) is 24.8 Å². The molecule has 0 amide bonds. The van der Waals surface area contributed by atoms with Crippen molar-refractivity contribution < 1.29 is 22.7 Å². The molecule has 0 aliphatic carbocycles. The van der Waals surface area contributed by atoms with Crippen molar-refractivity contribution in [3.05, 3.63) is 39.6 Å². The van der Waals surface area contributed by atoms with Crippen molar-refractivity contribution in [2.45, 2.75) is 20.0 Å². The van der Waals surface area contributed by atoms with E-state index in [0.717, 1.165) is 23.2 Å². The normalized spacial score (nSPS) is 14.8. The fraction of sp³-hybridized carbons (Fsp3) is 0.400. The molecule has 0 unspecified atom stereocenters. The molecule has 4 heterocycles. The van der Waals surface area contributed by atoms with Gasteiger partial charge in [-0.25, -0.2) is 19.7 Å². The highest BCUT2D eigenvalue weighted by Gasteiger charge is 2.32. The second-order valence-corrected chi connectivity index (χ2v) is 8.56. The van der Waals surface area contributed by atoms with Gasteiger partial charge < -0.3 is 14.5 Å². The van der Waals surface area contributed by atoms with Crippen molar-refractivity contribution in [1.29, 1.82) is 0 Å². The number of aryl methyl sites for hydroxylation is 1. The number of ether oxygens (including phenoxy) is 1. The van der Waals surface area contributed by atoms with Gasteiger partial charge in [-0.2, -0.15) is 13.2 Å². The van der Waals surface area contributed by atoms with Crippen LogP contribution >= 0.6 is 22.9 Å². The van der Waals surface area contributed by atoms with E-state index in [-0.39, 0.29) is 17.6 Å². The zero-order valence-electron chi connectivity index (χ0n) is 17.2. The van der Waals surface area contributed by atoms with Gasteiger partial charge in [-0.15, -0.1) is 11.3 Å². The molecular formula is C20H19ClF3N5O2S. The second-order valence-electron chi connectivity index (χ2n) is 7.16. The molecule has 1 aliphatic rings. The molecule has 0 bridgehead atoms. The van der Waals surface area contributed by atoms with Crippen LogP contribution < -0.4 is 9.80 Å². The summed E-state index contributed by atoms with van der Waals surface area (Å²) in [6.45, 7) is 5.98. The number of rotatable bonds is 4. The van der Waals surface area contributed by atoms with Gasteiger partial charge in [-0.05, 0) is 25.5 Å². The van der Waals surface area contributed by atoms with Crippen LogP contribution in [0, 0.1) is 6.92 Å². The topological polar surface area (TPSA) is 71.5 Å². The average Bonchev–Trinajstić information content (AvgIpc) is 3.10. The van der Waals surface area contributed by atoms with E-state index in [1.165, 1.54) is 17.7 Å². The number of thiophene rings is 1. The third-order valence-electron chi connectivity index (χ3n) is 5.20. The van der Waals surface area contributed by atoms with Gasteiger partial charge in [0.25, 0.3) is 0 Å². The number of hydrogen-bond donors (Lipinski definition) is 0. The Hall–Kier alpha value is -2.66. The first-order valence-electron chi connectivity index (χ1n) is 9.84. The molecule has 3 aromatic rings. The van der Waals surface area contributed by atoms with Gasteiger partial charge in [-0.1, -0.05) is 11.6 Å². The monoisotopic (exact) mass is 485 g/mol. The summed E-state index contributed by atoms with van der Waals surface area (Å²) in [6.07, 6.45) is -2.23. The van der Waals surface area contributed by atoms with Crippen LogP contribution in [0.5, 0.6) is 0 Å². The summed E-state index contributed by atoms with van der Waals surface area (Å²) < 4.78 is 43.8. The Morgan fingerprint density at radius 2 is 1.81 bits per heavy atom. The zero-order valence-corrected chi connectivity index (χ0v) is 18.8. The van der Waals surface area contributed by atoms with Crippen LogP contribution in [0.15, 0.2) is 18.6 Å². The minimum atomic E-state index is -4.49. The third-order valence-corrected chi connectivity index (χ3v) is 6.65. The Bertz CT molecular complexity index is 1160. The van der Waals surface area contributed by atoms with E-state index < -0.39 is 11.7 Å². The highest BCUT2D eigenvalue weighted by Crippen LogP contribution is 2.37. The minimum absolute atomic E-state index is 0.0366. The van der Waals surface area contributed by atoms with E-state index >= 15 is 0 Å². The maximum Gasteiger partial charge on any atom is 0.417 e. The molecule has 0 spiro atoms. The lowest BCUT2D eigenvalue weighted by molar-refractivity contribution is -0.137. The smallest absolute Gasteiger partial charge is 0.417 e. The highest BCUT2D eigenvalue weighted by molar-refractivity contribution is 7.20. The molecule has 7 nitrogen and oxygen atoms in total. The van der Waals surface area contributed by atoms with Crippen molar-refractivity contribution in [2.75, 3.05) is 42.6 Å². The van der Waals surface area contributed by atoms with Crippen LogP contribution in [-0.4, -0.2) is 53.7 Å². The first-order chi connectivity index (χ1) is 15.2. The number of carbonyl (C=O) groups is 1. The van der Waals surface area contributed by atoms with Crippen molar-refractivity contribution in [1.82, 2.24) is 15.0 Å². The van der Waals surface area contributed by atoms with Gasteiger partial charge in [0.1, 0.15) is 27.7 Å². The van der Waals surface area contributed by atoms with E-state index in [1.807, 2.05) is 11.8 Å². The first kappa shape index (κ1) is 22.5. The lowest BCUT2D eigenvalue weighted by Crippen LogP contribution is -2.47. The molecule has 3 aromatic heterocycles. The number of hydrogen-bond acceptors (Lipinski definition) is 8. The Morgan fingerprint density at radius 3 is 2.41 bits per heavy atom. The number of esters is 1. The predicted octanol–water partition coefficient (Wildman–Crippen LogP) is 4.57. The number of piperazine rings is 1. The Labute approximate surface area is 190 Å². The Morgan fingerprint density at radius 1 is 1.16 bits per heavy atom. The fourth-order valence-electron chi connectivity index (χ4n) is 3.63. The van der Waals surface area contributed by atoms with Gasteiger partial charge in [0, 0.05) is 32.4 Å². The molecule has 0 N–H and O–H groups in total. The van der Waals surface area contributed by atoms with Gasteiger partial charge in [0.15, 0.2) is 0 Å². The molecule has 0 atom stereocenters. The maximum atomic E-state index is 12.9. The predicted molar refractivity (Wildman–Crippen MR) is 117 cm³/mol. The molecule has 170 valence electrons. The fourth-order valence-corrected chi connectivity index (χ4v) is 4.96. The molecule has 1 aliphatic heterocycles. The maximum absolute atomic E-state index is 12.9. The lowest BCUT2D eigenvalue weighted by atomic mass is 10.2. The summed E-state index contributed by atoms with van der Waals surface area (Å²) >= 11 is 7.37. The van der Waals surface area contributed by atoms with E-state index in [2.05, 4.69) is 19.9 Å². The summed E-state index contributed by atoms with van der Waals surface area (Å²) in [4.78, 5) is 30.1. The number of carbonyl (C=O) groups excluding carboxylic acids is 1. The van der Waals surface area contributed by atoms with E-state index in [4.69, 9.17) is 16.3 Å². The van der Waals surface area contributed by atoms with Crippen molar-refractivity contribution >= 4 is 50.8 Å². The van der Waals surface area contributed by atoms with Crippen LogP contribution in [0.1, 0.15) is 27.7 Å². The first-order valence-corrected chi connectivity index (χ1v) is 11.0. The summed E-state index contributed by atoms with van der Waals surface area (Å²) in [5, 5.41) is 0.769. The molecule has 0 saturated carbocycles. The summed E-state index contributed by atoms with van der Waals surface area (Å²) in [5.74, 6) is 0.653. The summed E-state index contributed by atoms with van der Waals surface area (Å²) in [6, 6.07) is 0.899. The second kappa shape index (κ2) is 8.70. The van der Waals surface area contributed by atoms with E-state index in [0.29, 0.717) is 47.5 Å². The molecule has 1 fully saturated rings. The number of anilines is 2. The van der Waals surface area contributed by atoms with Crippen molar-refractivity contribution in [3.8, 4) is 0 Å². The molecule has 32 heavy (non-hydrogen) atoms. The lowest BCUT2D eigenvalue weighted by Gasteiger charge is -2.36. The number of fused-ring (bicyclic) bond motifs is 1. The van der Waals surface area contributed by atoms with Crippen LogP contribution in [-0.2, 0) is 10.9 Å². The highest BCUT2D eigenvalue weighted by atomic mass is 35.5. The molecule has 4 rings (SSSR count). The van der Waals surface area contributed by atoms with Gasteiger partial charge in [-0.3, -0.25) is 0 Å². The molecule has 0 radical (unpaired) electrons. The standard InChI is InChI=1S/C20H19ClF3N5O2S/c1-3-31-19(30)15-11(2)14-17(26-10-27-18(14)32-15)29-6-4-28(5-7-29)16-13(21)8-12(9-25-16)20(22,23)24/h8-10H,3-7H2,1-2H3. The van der Waals surface area contributed by atoms with Gasteiger partial charge >= 0.3 is 12.1 Å². The largest absolute Gasteiger partial charge is 0.462 e. The summed E-state index contributed by atoms with van der Waals surface area (Å²) in [7, 11) is 0. The van der Waals surface area contributed by atoms with Crippen LogP contribution in [0.3, 0.4) is 0 Å². The van der Waals surface area contributed by atoms with E-state index in [1.54, 1.807) is 6.92 Å². The number of aromatic nitrogens is 3. The molecular weight excluding hydrogens is 467 g/mol. The van der Waals surface area contributed by atoms with Crippen LogP contribution in [0.2, 0.25) is 5.02 Å².